The van der Waals surface area contributed by atoms with Gasteiger partial charge in [-0.2, -0.15) is 0 Å². The molecule has 0 saturated heterocycles. The molecule has 4 heteroatoms. The van der Waals surface area contributed by atoms with Gasteiger partial charge in [0.25, 0.3) is 0 Å². The molecule has 1 aromatic heterocycles. The lowest BCUT2D eigenvalue weighted by Gasteiger charge is -1.89. The van der Waals surface area contributed by atoms with E-state index >= 15 is 0 Å². The van der Waals surface area contributed by atoms with Crippen molar-refractivity contribution in [1.82, 2.24) is 0 Å². The molecule has 0 aliphatic heterocycles. The second kappa shape index (κ2) is 3.21. The first-order valence-corrected chi connectivity index (χ1v) is 3.26. The van der Waals surface area contributed by atoms with Gasteiger partial charge in [0.2, 0.25) is 5.76 Å². The molecule has 0 saturated carbocycles. The summed E-state index contributed by atoms with van der Waals surface area (Å²) in [5.41, 5.74) is 5.24. The molecule has 0 atom stereocenters. The standard InChI is InChI=1S/C7H9NO3/c8-4-3-5-1-2-6(11-5)7(9)10/h1-2H,3-4,8H2,(H,9,10). The van der Waals surface area contributed by atoms with Crippen molar-refractivity contribution < 1.29 is 14.3 Å². The Balaban J connectivity index is 2.73. The molecule has 0 unspecified atom stereocenters. The Morgan fingerprint density at radius 1 is 1.64 bits per heavy atom. The third-order valence-electron chi connectivity index (χ3n) is 1.26. The van der Waals surface area contributed by atoms with Gasteiger partial charge in [-0.1, -0.05) is 0 Å². The minimum Gasteiger partial charge on any atom is -0.475 e. The number of carboxylic acids is 1. The van der Waals surface area contributed by atoms with E-state index in [0.717, 1.165) is 0 Å². The summed E-state index contributed by atoms with van der Waals surface area (Å²) < 4.78 is 4.91. The number of aromatic carboxylic acids is 1. The molecule has 0 aliphatic rings. The SMILES string of the molecule is NCCc1ccc(C(=O)O)o1. The van der Waals surface area contributed by atoms with E-state index in [1.165, 1.54) is 6.07 Å². The third kappa shape index (κ3) is 1.81. The van der Waals surface area contributed by atoms with E-state index in [-0.39, 0.29) is 5.76 Å². The van der Waals surface area contributed by atoms with Crippen molar-refractivity contribution in [1.29, 1.82) is 0 Å². The molecule has 0 bridgehead atoms. The Bertz CT molecular complexity index is 254. The number of furan rings is 1. The van der Waals surface area contributed by atoms with Crippen LogP contribution in [0.5, 0.6) is 0 Å². The third-order valence-corrected chi connectivity index (χ3v) is 1.26. The quantitative estimate of drug-likeness (QED) is 0.665. The number of rotatable bonds is 3. The molecule has 60 valence electrons. The van der Waals surface area contributed by atoms with Crippen molar-refractivity contribution in [2.45, 2.75) is 6.42 Å². The minimum absolute atomic E-state index is 0.0338. The van der Waals surface area contributed by atoms with E-state index in [9.17, 15) is 4.79 Å². The number of carbonyl (C=O) groups is 1. The van der Waals surface area contributed by atoms with Gasteiger partial charge in [-0.25, -0.2) is 4.79 Å². The lowest BCUT2D eigenvalue weighted by atomic mass is 10.3. The highest BCUT2D eigenvalue weighted by molar-refractivity contribution is 5.84. The Morgan fingerprint density at radius 2 is 2.36 bits per heavy atom. The molecule has 0 aromatic carbocycles. The maximum absolute atomic E-state index is 10.3. The number of hydrogen-bond acceptors (Lipinski definition) is 3. The fourth-order valence-corrected chi connectivity index (χ4v) is 0.769. The summed E-state index contributed by atoms with van der Waals surface area (Å²) in [6, 6.07) is 3.05. The van der Waals surface area contributed by atoms with E-state index in [1.807, 2.05) is 0 Å². The zero-order valence-electron chi connectivity index (χ0n) is 5.91. The number of carboxylic acid groups (broad SMARTS) is 1. The summed E-state index contributed by atoms with van der Waals surface area (Å²) in [6.07, 6.45) is 0.577. The second-order valence-electron chi connectivity index (χ2n) is 2.11. The van der Waals surface area contributed by atoms with Gasteiger partial charge in [-0.05, 0) is 18.7 Å². The van der Waals surface area contributed by atoms with Crippen LogP contribution in [0.4, 0.5) is 0 Å². The molecule has 0 spiro atoms. The fourth-order valence-electron chi connectivity index (χ4n) is 0.769. The predicted octanol–water partition coefficient (Wildman–Crippen LogP) is 0.479. The molecule has 3 N–H and O–H groups in total. The minimum atomic E-state index is -1.05. The van der Waals surface area contributed by atoms with Gasteiger partial charge in [0.05, 0.1) is 0 Å². The Kier molecular flexibility index (Phi) is 2.28. The van der Waals surface area contributed by atoms with E-state index in [2.05, 4.69) is 0 Å². The fraction of sp³-hybridized carbons (Fsp3) is 0.286. The van der Waals surface area contributed by atoms with Crippen LogP contribution in [0.25, 0.3) is 0 Å². The molecule has 4 nitrogen and oxygen atoms in total. The molecule has 11 heavy (non-hydrogen) atoms. The van der Waals surface area contributed by atoms with Gasteiger partial charge >= 0.3 is 5.97 Å². The smallest absolute Gasteiger partial charge is 0.371 e. The Hall–Kier alpha value is -1.29. The second-order valence-corrected chi connectivity index (χ2v) is 2.11. The van der Waals surface area contributed by atoms with Gasteiger partial charge in [-0.3, -0.25) is 0 Å². The average molecular weight is 155 g/mol. The van der Waals surface area contributed by atoms with Crippen LogP contribution in [0, 0.1) is 0 Å². The van der Waals surface area contributed by atoms with E-state index < -0.39 is 5.97 Å². The summed E-state index contributed by atoms with van der Waals surface area (Å²) in [4.78, 5) is 10.3. The first kappa shape index (κ1) is 7.81. The molecular weight excluding hydrogens is 146 g/mol. The largest absolute Gasteiger partial charge is 0.475 e. The zero-order valence-corrected chi connectivity index (χ0v) is 5.91. The van der Waals surface area contributed by atoms with Crippen LogP contribution < -0.4 is 5.73 Å². The van der Waals surface area contributed by atoms with Crippen LogP contribution in [0.1, 0.15) is 16.3 Å². The van der Waals surface area contributed by atoms with Crippen molar-refractivity contribution in [2.75, 3.05) is 6.54 Å². The Morgan fingerprint density at radius 3 is 2.82 bits per heavy atom. The van der Waals surface area contributed by atoms with Crippen molar-refractivity contribution in [3.63, 3.8) is 0 Å². The lowest BCUT2D eigenvalue weighted by molar-refractivity contribution is 0.0660. The molecule has 0 fully saturated rings. The van der Waals surface area contributed by atoms with E-state index in [0.29, 0.717) is 18.7 Å². The molecular formula is C7H9NO3. The molecule has 0 aliphatic carbocycles. The highest BCUT2D eigenvalue weighted by Crippen LogP contribution is 2.07. The monoisotopic (exact) mass is 155 g/mol. The van der Waals surface area contributed by atoms with Crippen molar-refractivity contribution in [2.24, 2.45) is 5.73 Å². The highest BCUT2D eigenvalue weighted by atomic mass is 16.4. The summed E-state index contributed by atoms with van der Waals surface area (Å²) in [7, 11) is 0. The topological polar surface area (TPSA) is 76.5 Å². The molecule has 0 amide bonds. The molecule has 1 rings (SSSR count). The maximum atomic E-state index is 10.3. The molecule has 1 aromatic rings. The van der Waals surface area contributed by atoms with Crippen LogP contribution in [0.3, 0.4) is 0 Å². The molecule has 1 heterocycles. The van der Waals surface area contributed by atoms with Gasteiger partial charge in [0.1, 0.15) is 5.76 Å². The lowest BCUT2D eigenvalue weighted by Crippen LogP contribution is -2.01. The summed E-state index contributed by atoms with van der Waals surface area (Å²) >= 11 is 0. The van der Waals surface area contributed by atoms with Crippen LogP contribution in [-0.4, -0.2) is 17.6 Å². The summed E-state index contributed by atoms with van der Waals surface area (Å²) in [6.45, 7) is 0.465. The first-order chi connectivity index (χ1) is 5.24. The highest BCUT2D eigenvalue weighted by Gasteiger charge is 2.07. The van der Waals surface area contributed by atoms with Gasteiger partial charge < -0.3 is 15.3 Å². The summed E-state index contributed by atoms with van der Waals surface area (Å²) in [5, 5.41) is 8.44. The van der Waals surface area contributed by atoms with Crippen molar-refractivity contribution in [3.05, 3.63) is 23.7 Å². The average Bonchev–Trinajstić information content (AvgIpc) is 2.37. The van der Waals surface area contributed by atoms with Crippen molar-refractivity contribution >= 4 is 5.97 Å². The Labute approximate surface area is 63.6 Å². The normalized spacial score (nSPS) is 9.91. The van der Waals surface area contributed by atoms with Crippen LogP contribution >= 0.6 is 0 Å². The van der Waals surface area contributed by atoms with Crippen molar-refractivity contribution in [3.8, 4) is 0 Å². The summed E-state index contributed by atoms with van der Waals surface area (Å²) in [5.74, 6) is -0.466. The first-order valence-electron chi connectivity index (χ1n) is 3.26. The maximum Gasteiger partial charge on any atom is 0.371 e. The zero-order chi connectivity index (χ0) is 8.27. The van der Waals surface area contributed by atoms with Gasteiger partial charge in [0, 0.05) is 6.42 Å². The van der Waals surface area contributed by atoms with Crippen LogP contribution in [0.2, 0.25) is 0 Å². The van der Waals surface area contributed by atoms with Gasteiger partial charge in [-0.15, -0.1) is 0 Å². The number of nitrogens with two attached hydrogens (primary N) is 1. The number of hydrogen-bond donors (Lipinski definition) is 2. The van der Waals surface area contributed by atoms with E-state index in [1.54, 1.807) is 6.07 Å². The predicted molar refractivity (Wildman–Crippen MR) is 38.4 cm³/mol. The van der Waals surface area contributed by atoms with Crippen LogP contribution in [0.15, 0.2) is 16.5 Å². The van der Waals surface area contributed by atoms with Crippen LogP contribution in [-0.2, 0) is 6.42 Å². The molecule has 0 radical (unpaired) electrons. The van der Waals surface area contributed by atoms with E-state index in [4.69, 9.17) is 15.3 Å². The van der Waals surface area contributed by atoms with Gasteiger partial charge in [0.15, 0.2) is 0 Å².